The van der Waals surface area contributed by atoms with Gasteiger partial charge >= 0.3 is 0 Å². The highest BCUT2D eigenvalue weighted by molar-refractivity contribution is 5.76. The summed E-state index contributed by atoms with van der Waals surface area (Å²) in [6, 6.07) is 8.49. The molecule has 1 saturated carbocycles. The zero-order valence-electron chi connectivity index (χ0n) is 16.0. The van der Waals surface area contributed by atoms with E-state index in [4.69, 9.17) is 0 Å². The Bertz CT molecular complexity index is 890. The highest BCUT2D eigenvalue weighted by Gasteiger charge is 2.29. The average molecular weight is 380 g/mol. The van der Waals surface area contributed by atoms with Gasteiger partial charge < -0.3 is 4.90 Å². The predicted octanol–water partition coefficient (Wildman–Crippen LogP) is 3.80. The molecule has 1 aromatic heterocycles. The Hall–Kier alpha value is -2.68. The molecule has 0 radical (unpaired) electrons. The summed E-state index contributed by atoms with van der Waals surface area (Å²) in [6.07, 6.45) is 7.37. The lowest BCUT2D eigenvalue weighted by Gasteiger charge is -2.30. The molecule has 0 atom stereocenters. The van der Waals surface area contributed by atoms with E-state index in [2.05, 4.69) is 11.2 Å². The summed E-state index contributed by atoms with van der Waals surface area (Å²) in [4.78, 5) is 14.8. The number of benzene rings is 1. The molecule has 1 aliphatic carbocycles. The zero-order chi connectivity index (χ0) is 19.5. The Kier molecular flexibility index (Phi) is 5.43. The molecule has 0 saturated heterocycles. The van der Waals surface area contributed by atoms with Crippen LogP contribution in [-0.2, 0) is 24.3 Å². The van der Waals surface area contributed by atoms with Crippen LogP contribution in [0.5, 0.6) is 0 Å². The van der Waals surface area contributed by atoms with Crippen LogP contribution in [0.25, 0.3) is 0 Å². The molecule has 1 amide bonds. The monoisotopic (exact) mass is 380 g/mol. The van der Waals surface area contributed by atoms with Gasteiger partial charge in [-0.1, -0.05) is 31.4 Å². The Morgan fingerprint density at radius 3 is 2.68 bits per heavy atom. The Morgan fingerprint density at radius 1 is 1.21 bits per heavy atom. The third-order valence-corrected chi connectivity index (χ3v) is 6.03. The third-order valence-electron chi connectivity index (χ3n) is 6.03. The first-order valence-electron chi connectivity index (χ1n) is 10.1. The van der Waals surface area contributed by atoms with Gasteiger partial charge in [-0.15, -0.1) is 0 Å². The maximum absolute atomic E-state index is 13.2. The standard InChI is InChI=1S/C22H25FN4O/c23-18-8-6-17(7-9-18)14-27-21-15-26(11-10-19(21)20(13-24)25-27)22(28)12-16-4-2-1-3-5-16/h6-9,16H,1-5,10-12,14-15H2. The van der Waals surface area contributed by atoms with E-state index >= 15 is 0 Å². The SMILES string of the molecule is N#Cc1nn(Cc2ccc(F)cc2)c2c1CCN(C(=O)CC1CCCCC1)C2. The van der Waals surface area contributed by atoms with Gasteiger partial charge in [-0.2, -0.15) is 10.4 Å². The van der Waals surface area contributed by atoms with Gasteiger partial charge in [-0.3, -0.25) is 9.48 Å². The van der Waals surface area contributed by atoms with E-state index in [1.54, 1.807) is 16.8 Å². The van der Waals surface area contributed by atoms with Crippen molar-refractivity contribution >= 4 is 5.91 Å². The highest BCUT2D eigenvalue weighted by Crippen LogP contribution is 2.29. The molecule has 4 rings (SSSR count). The molecule has 2 aliphatic rings. The first-order valence-corrected chi connectivity index (χ1v) is 10.1. The Morgan fingerprint density at radius 2 is 1.96 bits per heavy atom. The van der Waals surface area contributed by atoms with Crippen molar-refractivity contribution in [2.45, 2.75) is 58.0 Å². The molecule has 1 aliphatic heterocycles. The first kappa shape index (κ1) is 18.7. The van der Waals surface area contributed by atoms with Crippen molar-refractivity contribution in [3.05, 3.63) is 52.6 Å². The average Bonchev–Trinajstić information content (AvgIpc) is 3.07. The number of hydrogen-bond donors (Lipinski definition) is 0. The molecule has 1 aromatic carbocycles. The number of nitrogens with zero attached hydrogens (tertiary/aromatic N) is 4. The lowest BCUT2D eigenvalue weighted by Crippen LogP contribution is -2.37. The molecule has 0 unspecified atom stereocenters. The smallest absolute Gasteiger partial charge is 0.223 e. The molecular weight excluding hydrogens is 355 g/mol. The van der Waals surface area contributed by atoms with Crippen LogP contribution >= 0.6 is 0 Å². The number of rotatable bonds is 4. The zero-order valence-corrected chi connectivity index (χ0v) is 16.0. The van der Waals surface area contributed by atoms with Crippen molar-refractivity contribution < 1.29 is 9.18 Å². The summed E-state index contributed by atoms with van der Waals surface area (Å²) in [5, 5.41) is 13.9. The molecule has 0 N–H and O–H groups in total. The largest absolute Gasteiger partial charge is 0.336 e. The van der Waals surface area contributed by atoms with Crippen LogP contribution in [0.1, 0.15) is 61.0 Å². The normalized spacial score (nSPS) is 17.2. The summed E-state index contributed by atoms with van der Waals surface area (Å²) in [7, 11) is 0. The molecule has 0 bridgehead atoms. The number of fused-ring (bicyclic) bond motifs is 1. The minimum Gasteiger partial charge on any atom is -0.336 e. The summed E-state index contributed by atoms with van der Waals surface area (Å²) >= 11 is 0. The molecule has 28 heavy (non-hydrogen) atoms. The van der Waals surface area contributed by atoms with Crippen LogP contribution < -0.4 is 0 Å². The van der Waals surface area contributed by atoms with E-state index in [-0.39, 0.29) is 11.7 Å². The lowest BCUT2D eigenvalue weighted by molar-refractivity contribution is -0.133. The Balaban J connectivity index is 1.51. The fraction of sp³-hybridized carbons (Fsp3) is 0.500. The van der Waals surface area contributed by atoms with E-state index in [1.165, 1.54) is 31.4 Å². The number of halogens is 1. The minimum absolute atomic E-state index is 0.214. The topological polar surface area (TPSA) is 61.9 Å². The maximum Gasteiger partial charge on any atom is 0.223 e. The fourth-order valence-corrected chi connectivity index (χ4v) is 4.44. The molecule has 0 spiro atoms. The van der Waals surface area contributed by atoms with Crippen LogP contribution in [0.2, 0.25) is 0 Å². The van der Waals surface area contributed by atoms with Gasteiger partial charge in [0.15, 0.2) is 5.69 Å². The van der Waals surface area contributed by atoms with Crippen molar-refractivity contribution in [2.75, 3.05) is 6.54 Å². The van der Waals surface area contributed by atoms with Gasteiger partial charge in [-0.25, -0.2) is 4.39 Å². The van der Waals surface area contributed by atoms with Gasteiger partial charge in [0.05, 0.1) is 18.8 Å². The van der Waals surface area contributed by atoms with Crippen molar-refractivity contribution in [3.63, 3.8) is 0 Å². The highest BCUT2D eigenvalue weighted by atomic mass is 19.1. The van der Waals surface area contributed by atoms with E-state index < -0.39 is 0 Å². The number of nitriles is 1. The summed E-state index contributed by atoms with van der Waals surface area (Å²) in [6.45, 7) is 1.61. The number of carbonyl (C=O) groups is 1. The molecule has 2 aromatic rings. The van der Waals surface area contributed by atoms with E-state index in [0.29, 0.717) is 44.1 Å². The van der Waals surface area contributed by atoms with Gasteiger partial charge in [0.2, 0.25) is 5.91 Å². The molecule has 146 valence electrons. The Labute approximate surface area is 164 Å². The molecule has 5 nitrogen and oxygen atoms in total. The van der Waals surface area contributed by atoms with E-state index in [0.717, 1.165) is 29.7 Å². The minimum atomic E-state index is -0.275. The number of hydrogen-bond acceptors (Lipinski definition) is 3. The van der Waals surface area contributed by atoms with Crippen molar-refractivity contribution in [2.24, 2.45) is 5.92 Å². The molecule has 2 heterocycles. The van der Waals surface area contributed by atoms with Crippen LogP contribution in [0.4, 0.5) is 4.39 Å². The summed E-state index contributed by atoms with van der Waals surface area (Å²) < 4.78 is 15.0. The number of amides is 1. The van der Waals surface area contributed by atoms with Crippen LogP contribution in [0.3, 0.4) is 0 Å². The van der Waals surface area contributed by atoms with Crippen molar-refractivity contribution in [3.8, 4) is 6.07 Å². The van der Waals surface area contributed by atoms with Crippen LogP contribution in [-0.4, -0.2) is 27.1 Å². The van der Waals surface area contributed by atoms with Crippen molar-refractivity contribution in [1.29, 1.82) is 5.26 Å². The summed E-state index contributed by atoms with van der Waals surface area (Å²) in [5.41, 5.74) is 3.24. The van der Waals surface area contributed by atoms with Gasteiger partial charge in [-0.05, 0) is 42.9 Å². The maximum atomic E-state index is 13.2. The van der Waals surface area contributed by atoms with E-state index in [1.807, 2.05) is 4.90 Å². The molecular formula is C22H25FN4O. The fourth-order valence-electron chi connectivity index (χ4n) is 4.44. The van der Waals surface area contributed by atoms with Crippen molar-refractivity contribution in [1.82, 2.24) is 14.7 Å². The van der Waals surface area contributed by atoms with Gasteiger partial charge in [0.1, 0.15) is 11.9 Å². The first-order chi connectivity index (χ1) is 13.6. The molecule has 1 fully saturated rings. The second kappa shape index (κ2) is 8.14. The third kappa shape index (κ3) is 3.94. The summed E-state index contributed by atoms with van der Waals surface area (Å²) in [5.74, 6) is 0.454. The molecule has 6 heteroatoms. The number of aromatic nitrogens is 2. The van der Waals surface area contributed by atoms with E-state index in [9.17, 15) is 14.4 Å². The number of carbonyl (C=O) groups excluding carboxylic acids is 1. The second-order valence-corrected chi connectivity index (χ2v) is 7.94. The van der Waals surface area contributed by atoms with Gasteiger partial charge in [0.25, 0.3) is 0 Å². The second-order valence-electron chi connectivity index (χ2n) is 7.94. The van der Waals surface area contributed by atoms with Crippen LogP contribution in [0, 0.1) is 23.1 Å². The quantitative estimate of drug-likeness (QED) is 0.811. The predicted molar refractivity (Wildman–Crippen MR) is 103 cm³/mol. The van der Waals surface area contributed by atoms with Crippen LogP contribution in [0.15, 0.2) is 24.3 Å². The van der Waals surface area contributed by atoms with Gasteiger partial charge in [0, 0.05) is 18.5 Å². The lowest BCUT2D eigenvalue weighted by atomic mass is 9.86.